The Bertz CT molecular complexity index is 179. The molecule has 0 aromatic heterocycles. The topological polar surface area (TPSA) is 26.7 Å². The van der Waals surface area contributed by atoms with E-state index in [2.05, 4.69) is 25.7 Å². The first-order valence-corrected chi connectivity index (χ1v) is 6.62. The third kappa shape index (κ3) is 2.92. The van der Waals surface area contributed by atoms with Gasteiger partial charge < -0.3 is 5.11 Å². The highest BCUT2D eigenvalue weighted by molar-refractivity contribution is 9.09. The van der Waals surface area contributed by atoms with Crippen LogP contribution in [0.3, 0.4) is 0 Å². The third-order valence-corrected chi connectivity index (χ3v) is 3.86. The Balaban J connectivity index is 1.67. The average Bonchev–Trinajstić information content (AvgIpc) is 3.02. The quantitative estimate of drug-likeness (QED) is 0.749. The highest BCUT2D eigenvalue weighted by Gasteiger charge is 2.31. The van der Waals surface area contributed by atoms with E-state index in [9.17, 15) is 5.11 Å². The van der Waals surface area contributed by atoms with E-state index in [1.54, 1.807) is 0 Å². The number of hydrogen-bond acceptors (Lipinski definition) is 3. The van der Waals surface area contributed by atoms with Crippen molar-refractivity contribution in [1.82, 2.24) is 9.80 Å². The second-order valence-corrected chi connectivity index (χ2v) is 5.02. The van der Waals surface area contributed by atoms with Crippen molar-refractivity contribution in [2.75, 3.05) is 38.1 Å². The zero-order chi connectivity index (χ0) is 9.97. The summed E-state index contributed by atoms with van der Waals surface area (Å²) >= 11 is 3.30. The first-order valence-electron chi connectivity index (χ1n) is 5.50. The van der Waals surface area contributed by atoms with E-state index in [0.29, 0.717) is 5.33 Å². The summed E-state index contributed by atoms with van der Waals surface area (Å²) in [6.45, 7) is 5.46. The van der Waals surface area contributed by atoms with E-state index in [0.717, 1.165) is 25.7 Å². The van der Waals surface area contributed by atoms with Gasteiger partial charge in [0.1, 0.15) is 0 Å². The van der Waals surface area contributed by atoms with Gasteiger partial charge in [0, 0.05) is 44.1 Å². The molecule has 1 heterocycles. The number of piperazine rings is 1. The van der Waals surface area contributed by atoms with Crippen molar-refractivity contribution < 1.29 is 5.11 Å². The van der Waals surface area contributed by atoms with Crippen LogP contribution in [0.15, 0.2) is 0 Å². The van der Waals surface area contributed by atoms with E-state index in [1.165, 1.54) is 25.9 Å². The molecule has 0 spiro atoms. The SMILES string of the molecule is OC(CBr)CN1CCN(C2CC2)CC1. The zero-order valence-electron chi connectivity index (χ0n) is 8.53. The van der Waals surface area contributed by atoms with Gasteiger partial charge in [0.2, 0.25) is 0 Å². The maximum absolute atomic E-state index is 9.50. The Morgan fingerprint density at radius 1 is 1.21 bits per heavy atom. The van der Waals surface area contributed by atoms with Gasteiger partial charge in [-0.1, -0.05) is 15.9 Å². The number of alkyl halides is 1. The Morgan fingerprint density at radius 2 is 1.86 bits per heavy atom. The molecule has 1 atom stereocenters. The number of aliphatic hydroxyl groups excluding tert-OH is 1. The molecule has 0 radical (unpaired) electrons. The lowest BCUT2D eigenvalue weighted by Crippen LogP contribution is -2.49. The smallest absolute Gasteiger partial charge is 0.0763 e. The van der Waals surface area contributed by atoms with Gasteiger partial charge in [-0.25, -0.2) is 0 Å². The van der Waals surface area contributed by atoms with Crippen molar-refractivity contribution >= 4 is 15.9 Å². The molecule has 14 heavy (non-hydrogen) atoms. The number of β-amino-alcohol motifs (C(OH)–C–C–N with tert-alkyl or cyclic N) is 1. The maximum atomic E-state index is 9.50. The van der Waals surface area contributed by atoms with Gasteiger partial charge in [-0.15, -0.1) is 0 Å². The predicted molar refractivity (Wildman–Crippen MR) is 60.8 cm³/mol. The summed E-state index contributed by atoms with van der Waals surface area (Å²) in [7, 11) is 0. The molecular formula is C10H19BrN2O. The Labute approximate surface area is 94.2 Å². The van der Waals surface area contributed by atoms with Crippen molar-refractivity contribution in [1.29, 1.82) is 0 Å². The number of rotatable bonds is 4. The molecule has 0 bridgehead atoms. The molecule has 2 aliphatic rings. The van der Waals surface area contributed by atoms with Crippen molar-refractivity contribution in [3.8, 4) is 0 Å². The minimum absolute atomic E-state index is 0.206. The van der Waals surface area contributed by atoms with Crippen LogP contribution in [0.5, 0.6) is 0 Å². The van der Waals surface area contributed by atoms with Crippen LogP contribution in [0, 0.1) is 0 Å². The fourth-order valence-corrected chi connectivity index (χ4v) is 2.30. The molecule has 0 aromatic rings. The Kier molecular flexibility index (Phi) is 3.82. The molecule has 2 fully saturated rings. The molecule has 1 unspecified atom stereocenters. The standard InChI is InChI=1S/C10H19BrN2O/c11-7-10(14)8-12-3-5-13(6-4-12)9-1-2-9/h9-10,14H,1-8H2. The lowest BCUT2D eigenvalue weighted by atomic mass is 10.2. The van der Waals surface area contributed by atoms with Gasteiger partial charge in [0.25, 0.3) is 0 Å². The summed E-state index contributed by atoms with van der Waals surface area (Å²) in [5, 5.41) is 10.2. The van der Waals surface area contributed by atoms with Crippen LogP contribution in [0.4, 0.5) is 0 Å². The fourth-order valence-electron chi connectivity index (χ4n) is 2.10. The van der Waals surface area contributed by atoms with Crippen LogP contribution in [0.2, 0.25) is 0 Å². The third-order valence-electron chi connectivity index (χ3n) is 3.12. The molecule has 1 N–H and O–H groups in total. The van der Waals surface area contributed by atoms with Crippen molar-refractivity contribution in [3.05, 3.63) is 0 Å². The first kappa shape index (κ1) is 10.9. The fraction of sp³-hybridized carbons (Fsp3) is 1.00. The lowest BCUT2D eigenvalue weighted by molar-refractivity contribution is 0.0801. The minimum Gasteiger partial charge on any atom is -0.391 e. The zero-order valence-corrected chi connectivity index (χ0v) is 10.1. The monoisotopic (exact) mass is 262 g/mol. The molecule has 1 aliphatic carbocycles. The van der Waals surface area contributed by atoms with Gasteiger partial charge in [-0.2, -0.15) is 0 Å². The summed E-state index contributed by atoms with van der Waals surface area (Å²) in [6.07, 6.45) is 2.61. The van der Waals surface area contributed by atoms with Gasteiger partial charge >= 0.3 is 0 Å². The van der Waals surface area contributed by atoms with Crippen molar-refractivity contribution in [3.63, 3.8) is 0 Å². The van der Waals surface area contributed by atoms with Crippen LogP contribution in [0.25, 0.3) is 0 Å². The van der Waals surface area contributed by atoms with E-state index < -0.39 is 0 Å². The summed E-state index contributed by atoms with van der Waals surface area (Å²) in [4.78, 5) is 4.96. The molecular weight excluding hydrogens is 244 g/mol. The molecule has 0 aromatic carbocycles. The van der Waals surface area contributed by atoms with Crippen molar-refractivity contribution in [2.24, 2.45) is 0 Å². The highest BCUT2D eigenvalue weighted by atomic mass is 79.9. The number of aliphatic hydroxyl groups is 1. The molecule has 1 saturated carbocycles. The lowest BCUT2D eigenvalue weighted by Gasteiger charge is -2.35. The maximum Gasteiger partial charge on any atom is 0.0763 e. The number of hydrogen-bond donors (Lipinski definition) is 1. The largest absolute Gasteiger partial charge is 0.391 e. The number of nitrogens with zero attached hydrogens (tertiary/aromatic N) is 2. The summed E-state index contributed by atoms with van der Waals surface area (Å²) < 4.78 is 0. The Hall–Kier alpha value is 0.360. The molecule has 1 saturated heterocycles. The van der Waals surface area contributed by atoms with Crippen LogP contribution >= 0.6 is 15.9 Å². The van der Waals surface area contributed by atoms with E-state index in [4.69, 9.17) is 0 Å². The van der Waals surface area contributed by atoms with Crippen LogP contribution in [-0.2, 0) is 0 Å². The summed E-state index contributed by atoms with van der Waals surface area (Å²) in [6, 6.07) is 0.901. The van der Waals surface area contributed by atoms with E-state index in [1.807, 2.05) is 0 Å². The van der Waals surface area contributed by atoms with Gasteiger partial charge in [-0.3, -0.25) is 9.80 Å². The predicted octanol–water partition coefficient (Wildman–Crippen LogP) is 0.522. The first-order chi connectivity index (χ1) is 6.79. The van der Waals surface area contributed by atoms with E-state index in [-0.39, 0.29) is 6.10 Å². The molecule has 4 heteroatoms. The molecule has 0 amide bonds. The van der Waals surface area contributed by atoms with Crippen LogP contribution < -0.4 is 0 Å². The minimum atomic E-state index is -0.206. The highest BCUT2D eigenvalue weighted by Crippen LogP contribution is 2.27. The average molecular weight is 263 g/mol. The molecule has 82 valence electrons. The van der Waals surface area contributed by atoms with Gasteiger partial charge in [0.05, 0.1) is 6.10 Å². The Morgan fingerprint density at radius 3 is 2.36 bits per heavy atom. The second kappa shape index (κ2) is 4.92. The second-order valence-electron chi connectivity index (χ2n) is 4.38. The number of halogens is 1. The molecule has 3 nitrogen and oxygen atoms in total. The normalized spacial score (nSPS) is 27.9. The van der Waals surface area contributed by atoms with Crippen molar-refractivity contribution in [2.45, 2.75) is 25.0 Å². The van der Waals surface area contributed by atoms with Crippen LogP contribution in [0.1, 0.15) is 12.8 Å². The van der Waals surface area contributed by atoms with Crippen LogP contribution in [-0.4, -0.2) is 65.1 Å². The van der Waals surface area contributed by atoms with Gasteiger partial charge in [-0.05, 0) is 12.8 Å². The van der Waals surface area contributed by atoms with E-state index >= 15 is 0 Å². The molecule has 2 rings (SSSR count). The van der Waals surface area contributed by atoms with Gasteiger partial charge in [0.15, 0.2) is 0 Å². The summed E-state index contributed by atoms with van der Waals surface area (Å²) in [5.41, 5.74) is 0. The molecule has 1 aliphatic heterocycles. The summed E-state index contributed by atoms with van der Waals surface area (Å²) in [5.74, 6) is 0.